The van der Waals surface area contributed by atoms with Crippen LogP contribution in [0.1, 0.15) is 42.7 Å². The number of carbonyl (C=O) groups is 2. The van der Waals surface area contributed by atoms with Crippen molar-refractivity contribution in [2.75, 3.05) is 13.2 Å². The zero-order chi connectivity index (χ0) is 20.3. The van der Waals surface area contributed by atoms with Gasteiger partial charge in [-0.25, -0.2) is 9.48 Å². The Balaban J connectivity index is 1.81. The first-order valence-corrected chi connectivity index (χ1v) is 8.81. The van der Waals surface area contributed by atoms with Crippen LogP contribution in [0.2, 0.25) is 0 Å². The van der Waals surface area contributed by atoms with Crippen LogP contribution in [0.3, 0.4) is 0 Å². The van der Waals surface area contributed by atoms with Gasteiger partial charge in [-0.3, -0.25) is 4.79 Å². The van der Waals surface area contributed by atoms with E-state index >= 15 is 0 Å². The van der Waals surface area contributed by atoms with Gasteiger partial charge in [0.2, 0.25) is 0 Å². The lowest BCUT2D eigenvalue weighted by Gasteiger charge is -2.09. The second-order valence-electron chi connectivity index (χ2n) is 6.51. The summed E-state index contributed by atoms with van der Waals surface area (Å²) in [4.78, 5) is 22.8. The molecule has 0 unspecified atom stereocenters. The second-order valence-corrected chi connectivity index (χ2v) is 6.51. The van der Waals surface area contributed by atoms with Gasteiger partial charge in [-0.2, -0.15) is 10.4 Å². The molecule has 0 aliphatic heterocycles. The summed E-state index contributed by atoms with van der Waals surface area (Å²) in [6, 6.07) is 8.14. The summed E-state index contributed by atoms with van der Waals surface area (Å²) in [6.07, 6.45) is 4.80. The fourth-order valence-electron chi connectivity index (χ4n) is 2.87. The summed E-state index contributed by atoms with van der Waals surface area (Å²) in [6.45, 7) is 5.39. The Hall–Kier alpha value is -3.60. The Labute approximate surface area is 161 Å². The van der Waals surface area contributed by atoms with Crippen molar-refractivity contribution in [3.63, 3.8) is 0 Å². The van der Waals surface area contributed by atoms with E-state index < -0.39 is 11.9 Å². The van der Waals surface area contributed by atoms with E-state index in [9.17, 15) is 14.9 Å². The van der Waals surface area contributed by atoms with Gasteiger partial charge in [0, 0.05) is 36.3 Å². The SMILES string of the molecule is CC(=O)OCCOC(=O)c1cnn(-c2ccc3c(c2)c(C#N)cn3C(C)C)c1. The van der Waals surface area contributed by atoms with E-state index in [4.69, 9.17) is 9.47 Å². The van der Waals surface area contributed by atoms with E-state index in [1.807, 2.05) is 29.0 Å². The molecule has 3 aromatic rings. The summed E-state index contributed by atoms with van der Waals surface area (Å²) in [5.41, 5.74) is 2.56. The molecule has 0 bridgehead atoms. The Morgan fingerprint density at radius 2 is 1.96 bits per heavy atom. The Morgan fingerprint density at radius 1 is 1.21 bits per heavy atom. The normalized spacial score (nSPS) is 10.8. The average molecular weight is 380 g/mol. The number of esters is 2. The van der Waals surface area contributed by atoms with Crippen LogP contribution in [0.15, 0.2) is 36.8 Å². The number of nitriles is 1. The van der Waals surface area contributed by atoms with Crippen molar-refractivity contribution in [3.8, 4) is 11.8 Å². The molecule has 1 aromatic carbocycles. The Bertz CT molecular complexity index is 1070. The largest absolute Gasteiger partial charge is 0.462 e. The minimum Gasteiger partial charge on any atom is -0.462 e. The maximum atomic E-state index is 12.1. The summed E-state index contributed by atoms with van der Waals surface area (Å²) in [5, 5.41) is 14.5. The molecule has 144 valence electrons. The molecule has 0 amide bonds. The van der Waals surface area contributed by atoms with Crippen molar-refractivity contribution in [2.45, 2.75) is 26.8 Å². The first kappa shape index (κ1) is 19.2. The third-order valence-corrected chi connectivity index (χ3v) is 4.20. The van der Waals surface area contributed by atoms with Crippen molar-refractivity contribution in [1.29, 1.82) is 5.26 Å². The number of fused-ring (bicyclic) bond motifs is 1. The van der Waals surface area contributed by atoms with Crippen LogP contribution in [0.5, 0.6) is 0 Å². The van der Waals surface area contributed by atoms with Gasteiger partial charge in [-0.15, -0.1) is 0 Å². The quantitative estimate of drug-likeness (QED) is 0.481. The third kappa shape index (κ3) is 3.88. The molecule has 0 aliphatic rings. The highest BCUT2D eigenvalue weighted by atomic mass is 16.6. The van der Waals surface area contributed by atoms with Crippen molar-refractivity contribution < 1.29 is 19.1 Å². The smallest absolute Gasteiger partial charge is 0.341 e. The van der Waals surface area contributed by atoms with E-state index in [1.54, 1.807) is 10.9 Å². The van der Waals surface area contributed by atoms with E-state index in [1.165, 1.54) is 13.1 Å². The molecule has 2 heterocycles. The number of nitrogens with zero attached hydrogens (tertiary/aromatic N) is 4. The summed E-state index contributed by atoms with van der Waals surface area (Å²) < 4.78 is 13.4. The molecular weight excluding hydrogens is 360 g/mol. The van der Waals surface area contributed by atoms with Gasteiger partial charge in [-0.1, -0.05) is 0 Å². The maximum absolute atomic E-state index is 12.1. The lowest BCUT2D eigenvalue weighted by Crippen LogP contribution is -2.12. The molecule has 28 heavy (non-hydrogen) atoms. The predicted octanol–water partition coefficient (Wildman–Crippen LogP) is 3.00. The van der Waals surface area contributed by atoms with Crippen LogP contribution in [0.4, 0.5) is 0 Å². The van der Waals surface area contributed by atoms with Gasteiger partial charge in [0.05, 0.1) is 23.0 Å². The Kier molecular flexibility index (Phi) is 5.45. The summed E-state index contributed by atoms with van der Waals surface area (Å²) in [7, 11) is 0. The Morgan fingerprint density at radius 3 is 2.64 bits per heavy atom. The lowest BCUT2D eigenvalue weighted by atomic mass is 10.1. The predicted molar refractivity (Wildman–Crippen MR) is 101 cm³/mol. The molecule has 2 aromatic heterocycles. The van der Waals surface area contributed by atoms with E-state index in [-0.39, 0.29) is 24.8 Å². The topological polar surface area (TPSA) is 99.1 Å². The highest BCUT2D eigenvalue weighted by Gasteiger charge is 2.14. The van der Waals surface area contributed by atoms with Crippen LogP contribution in [-0.4, -0.2) is 39.5 Å². The zero-order valence-corrected chi connectivity index (χ0v) is 15.9. The minimum absolute atomic E-state index is 0.00958. The molecule has 3 rings (SSSR count). The van der Waals surface area contributed by atoms with E-state index in [0.717, 1.165) is 16.6 Å². The first-order valence-electron chi connectivity index (χ1n) is 8.81. The molecule has 0 atom stereocenters. The number of hydrogen-bond acceptors (Lipinski definition) is 6. The van der Waals surface area contributed by atoms with Gasteiger partial charge in [-0.05, 0) is 32.0 Å². The van der Waals surface area contributed by atoms with Gasteiger partial charge in [0.1, 0.15) is 19.3 Å². The number of benzene rings is 1. The highest BCUT2D eigenvalue weighted by molar-refractivity contribution is 5.90. The van der Waals surface area contributed by atoms with Crippen LogP contribution in [0.25, 0.3) is 16.6 Å². The van der Waals surface area contributed by atoms with Crippen molar-refractivity contribution >= 4 is 22.8 Å². The third-order valence-electron chi connectivity index (χ3n) is 4.20. The minimum atomic E-state index is -0.553. The average Bonchev–Trinajstić information content (AvgIpc) is 3.29. The van der Waals surface area contributed by atoms with Crippen LogP contribution < -0.4 is 0 Å². The standard InChI is InChI=1S/C20H20N4O4/c1-13(2)23-11-15(9-21)18-8-17(4-5-19(18)23)24-12-16(10-22-24)20(26)28-7-6-27-14(3)25/h4-5,8,10-13H,6-7H2,1-3H3. The highest BCUT2D eigenvalue weighted by Crippen LogP contribution is 2.26. The van der Waals surface area contributed by atoms with Gasteiger partial charge < -0.3 is 14.0 Å². The fourth-order valence-corrected chi connectivity index (χ4v) is 2.87. The molecule has 0 radical (unpaired) electrons. The molecule has 8 heteroatoms. The molecule has 0 saturated heterocycles. The van der Waals surface area contributed by atoms with Gasteiger partial charge in [0.15, 0.2) is 0 Å². The number of hydrogen-bond donors (Lipinski definition) is 0. The van der Waals surface area contributed by atoms with E-state index in [0.29, 0.717) is 5.56 Å². The molecule has 8 nitrogen and oxygen atoms in total. The number of aromatic nitrogens is 3. The van der Waals surface area contributed by atoms with Crippen LogP contribution in [-0.2, 0) is 14.3 Å². The molecule has 0 fully saturated rings. The monoisotopic (exact) mass is 380 g/mol. The van der Waals surface area contributed by atoms with Crippen LogP contribution >= 0.6 is 0 Å². The number of carbonyl (C=O) groups excluding carboxylic acids is 2. The molecule has 0 saturated carbocycles. The van der Waals surface area contributed by atoms with Crippen molar-refractivity contribution in [3.05, 3.63) is 47.9 Å². The van der Waals surface area contributed by atoms with Crippen LogP contribution in [0, 0.1) is 11.3 Å². The molecular formula is C20H20N4O4. The summed E-state index contributed by atoms with van der Waals surface area (Å²) in [5.74, 6) is -0.981. The molecule has 0 N–H and O–H groups in total. The maximum Gasteiger partial charge on any atom is 0.341 e. The van der Waals surface area contributed by atoms with Gasteiger partial charge >= 0.3 is 11.9 Å². The molecule has 0 spiro atoms. The lowest BCUT2D eigenvalue weighted by molar-refractivity contribution is -0.142. The zero-order valence-electron chi connectivity index (χ0n) is 15.9. The van der Waals surface area contributed by atoms with Crippen molar-refractivity contribution in [1.82, 2.24) is 14.3 Å². The molecule has 0 aliphatic carbocycles. The fraction of sp³-hybridized carbons (Fsp3) is 0.300. The second kappa shape index (κ2) is 7.96. The van der Waals surface area contributed by atoms with E-state index in [2.05, 4.69) is 25.0 Å². The van der Waals surface area contributed by atoms with Crippen molar-refractivity contribution in [2.24, 2.45) is 0 Å². The summed E-state index contributed by atoms with van der Waals surface area (Å²) >= 11 is 0. The first-order chi connectivity index (χ1) is 13.4. The van der Waals surface area contributed by atoms with Gasteiger partial charge in [0.25, 0.3) is 0 Å². The number of rotatable bonds is 6. The number of ether oxygens (including phenoxy) is 2.